The molecule has 1 heterocycles. The van der Waals surface area contributed by atoms with Gasteiger partial charge in [-0.05, 0) is 18.2 Å². The van der Waals surface area contributed by atoms with Gasteiger partial charge in [-0.3, -0.25) is 0 Å². The number of hydrogen-bond donors (Lipinski definition) is 1. The first kappa shape index (κ1) is 15.9. The molecule has 0 aliphatic carbocycles. The van der Waals surface area contributed by atoms with E-state index in [4.69, 9.17) is 33.7 Å². The zero-order valence-electron chi connectivity index (χ0n) is 10.4. The van der Waals surface area contributed by atoms with Crippen molar-refractivity contribution in [1.29, 1.82) is 0 Å². The van der Waals surface area contributed by atoms with E-state index in [-0.39, 0.29) is 28.2 Å². The third kappa shape index (κ3) is 3.58. The molecule has 0 amide bonds. The minimum atomic E-state index is -4.58. The highest BCUT2D eigenvalue weighted by atomic mass is 35.5. The Bertz CT molecular complexity index is 662. The maximum absolute atomic E-state index is 12.7. The highest BCUT2D eigenvalue weighted by Crippen LogP contribution is 2.36. The number of ether oxygens (including phenoxy) is 1. The van der Waals surface area contributed by atoms with Crippen LogP contribution in [0, 0.1) is 0 Å². The zero-order valence-corrected chi connectivity index (χ0v) is 11.9. The van der Waals surface area contributed by atoms with Gasteiger partial charge in [0.15, 0.2) is 0 Å². The number of halogens is 5. The van der Waals surface area contributed by atoms with Gasteiger partial charge in [0.1, 0.15) is 16.5 Å². The second-order valence-electron chi connectivity index (χ2n) is 4.02. The Morgan fingerprint density at radius 3 is 2.48 bits per heavy atom. The second kappa shape index (κ2) is 6.09. The van der Waals surface area contributed by atoms with Crippen LogP contribution in [0.25, 0.3) is 0 Å². The summed E-state index contributed by atoms with van der Waals surface area (Å²) < 4.78 is 43.4. The van der Waals surface area contributed by atoms with Gasteiger partial charge in [-0.15, -0.1) is 0 Å². The number of alkyl halides is 3. The van der Waals surface area contributed by atoms with Crippen molar-refractivity contribution in [2.75, 3.05) is 0 Å². The fourth-order valence-corrected chi connectivity index (χ4v) is 1.87. The van der Waals surface area contributed by atoms with Crippen molar-refractivity contribution in [2.45, 2.75) is 12.7 Å². The van der Waals surface area contributed by atoms with E-state index in [9.17, 15) is 13.2 Å². The van der Waals surface area contributed by atoms with Crippen molar-refractivity contribution in [1.82, 2.24) is 4.98 Å². The van der Waals surface area contributed by atoms with Crippen LogP contribution in [0.1, 0.15) is 11.3 Å². The molecule has 8 heteroatoms. The molecular weight excluding hydrogens is 328 g/mol. The Hall–Kier alpha value is -1.50. The lowest BCUT2D eigenvalue weighted by atomic mass is 10.2. The molecular formula is C13H9Cl2F3N2O. The van der Waals surface area contributed by atoms with E-state index in [1.807, 2.05) is 0 Å². The van der Waals surface area contributed by atoms with Crippen molar-refractivity contribution in [2.24, 2.45) is 5.73 Å². The van der Waals surface area contributed by atoms with Gasteiger partial charge in [0.2, 0.25) is 5.88 Å². The van der Waals surface area contributed by atoms with Crippen LogP contribution in [0.2, 0.25) is 10.0 Å². The molecule has 0 bridgehead atoms. The van der Waals surface area contributed by atoms with Crippen molar-refractivity contribution < 1.29 is 17.9 Å². The topological polar surface area (TPSA) is 48.1 Å². The summed E-state index contributed by atoms with van der Waals surface area (Å²) in [5.74, 6) is -0.151. The SMILES string of the molecule is NCc1ccc(C(F)(F)F)nc1Oc1cccc(Cl)c1Cl. The molecule has 0 spiro atoms. The Kier molecular flexibility index (Phi) is 4.61. The summed E-state index contributed by atoms with van der Waals surface area (Å²) in [5.41, 5.74) is 4.71. The third-order valence-electron chi connectivity index (χ3n) is 2.57. The number of hydrogen-bond acceptors (Lipinski definition) is 3. The van der Waals surface area contributed by atoms with E-state index in [1.54, 1.807) is 6.07 Å². The first-order valence-corrected chi connectivity index (χ1v) is 6.47. The zero-order chi connectivity index (χ0) is 15.6. The smallest absolute Gasteiger partial charge is 0.433 e. The van der Waals surface area contributed by atoms with Crippen LogP contribution in [0.15, 0.2) is 30.3 Å². The fourth-order valence-electron chi connectivity index (χ4n) is 1.54. The normalized spacial score (nSPS) is 11.5. The molecule has 0 radical (unpaired) electrons. The van der Waals surface area contributed by atoms with Gasteiger partial charge in [-0.2, -0.15) is 13.2 Å². The Morgan fingerprint density at radius 1 is 1.14 bits per heavy atom. The van der Waals surface area contributed by atoms with Crippen molar-refractivity contribution in [3.63, 3.8) is 0 Å². The molecule has 0 saturated carbocycles. The average molecular weight is 337 g/mol. The first-order chi connectivity index (χ1) is 9.82. The van der Waals surface area contributed by atoms with E-state index in [1.165, 1.54) is 18.2 Å². The second-order valence-corrected chi connectivity index (χ2v) is 4.80. The Balaban J connectivity index is 2.44. The summed E-state index contributed by atoms with van der Waals surface area (Å²) in [6.45, 7) is -0.0291. The number of nitrogens with two attached hydrogens (primary N) is 1. The highest BCUT2D eigenvalue weighted by molar-refractivity contribution is 6.42. The van der Waals surface area contributed by atoms with Gasteiger partial charge in [-0.1, -0.05) is 35.3 Å². The Morgan fingerprint density at radius 2 is 1.86 bits per heavy atom. The van der Waals surface area contributed by atoms with Crippen molar-refractivity contribution >= 4 is 23.2 Å². The van der Waals surface area contributed by atoms with Crippen molar-refractivity contribution in [3.05, 3.63) is 51.6 Å². The lowest BCUT2D eigenvalue weighted by molar-refractivity contribution is -0.141. The van der Waals surface area contributed by atoms with E-state index in [0.29, 0.717) is 5.56 Å². The molecule has 2 N–H and O–H groups in total. The molecule has 0 fully saturated rings. The highest BCUT2D eigenvalue weighted by Gasteiger charge is 2.33. The summed E-state index contributed by atoms with van der Waals surface area (Å²) >= 11 is 11.8. The predicted octanol–water partition coefficient (Wildman–Crippen LogP) is 4.66. The molecule has 21 heavy (non-hydrogen) atoms. The predicted molar refractivity (Wildman–Crippen MR) is 73.7 cm³/mol. The van der Waals surface area contributed by atoms with Gasteiger partial charge in [-0.25, -0.2) is 4.98 Å². The number of rotatable bonds is 3. The monoisotopic (exact) mass is 336 g/mol. The maximum atomic E-state index is 12.7. The minimum absolute atomic E-state index is 0.0291. The fraction of sp³-hybridized carbons (Fsp3) is 0.154. The van der Waals surface area contributed by atoms with E-state index in [0.717, 1.165) is 6.07 Å². The van der Waals surface area contributed by atoms with Gasteiger partial charge < -0.3 is 10.5 Å². The van der Waals surface area contributed by atoms with E-state index < -0.39 is 11.9 Å². The molecule has 0 atom stereocenters. The summed E-state index contributed by atoms with van der Waals surface area (Å²) in [5, 5.41) is 0.303. The molecule has 0 aliphatic heterocycles. The largest absolute Gasteiger partial charge is 0.437 e. The van der Waals surface area contributed by atoms with Crippen LogP contribution in [0.3, 0.4) is 0 Å². The number of nitrogens with zero attached hydrogens (tertiary/aromatic N) is 1. The van der Waals surface area contributed by atoms with Crippen LogP contribution in [0.5, 0.6) is 11.6 Å². The summed E-state index contributed by atoms with van der Waals surface area (Å²) in [6, 6.07) is 6.61. The minimum Gasteiger partial charge on any atom is -0.437 e. The number of benzene rings is 1. The summed E-state index contributed by atoms with van der Waals surface area (Å²) in [7, 11) is 0. The number of aromatic nitrogens is 1. The lowest BCUT2D eigenvalue weighted by Gasteiger charge is -2.13. The van der Waals surface area contributed by atoms with E-state index >= 15 is 0 Å². The van der Waals surface area contributed by atoms with Crippen LogP contribution >= 0.6 is 23.2 Å². The van der Waals surface area contributed by atoms with Gasteiger partial charge in [0.05, 0.1) is 5.02 Å². The summed E-state index contributed by atoms with van der Waals surface area (Å²) in [6.07, 6.45) is -4.58. The summed E-state index contributed by atoms with van der Waals surface area (Å²) in [4.78, 5) is 3.45. The van der Waals surface area contributed by atoms with Crippen LogP contribution in [-0.4, -0.2) is 4.98 Å². The van der Waals surface area contributed by atoms with Gasteiger partial charge >= 0.3 is 6.18 Å². The van der Waals surface area contributed by atoms with Crippen LogP contribution in [0.4, 0.5) is 13.2 Å². The molecule has 1 aromatic heterocycles. The first-order valence-electron chi connectivity index (χ1n) is 5.72. The maximum Gasteiger partial charge on any atom is 0.433 e. The molecule has 2 rings (SSSR count). The molecule has 0 unspecified atom stereocenters. The van der Waals surface area contributed by atoms with Gasteiger partial charge in [0.25, 0.3) is 0 Å². The quantitative estimate of drug-likeness (QED) is 0.886. The molecule has 0 aliphatic rings. The standard InChI is InChI=1S/C13H9Cl2F3N2O/c14-8-2-1-3-9(11(8)15)21-12-7(6-19)4-5-10(20-12)13(16,17)18/h1-5H,6,19H2. The van der Waals surface area contributed by atoms with E-state index in [2.05, 4.69) is 4.98 Å². The van der Waals surface area contributed by atoms with Gasteiger partial charge in [0, 0.05) is 12.1 Å². The number of pyridine rings is 1. The van der Waals surface area contributed by atoms with Crippen LogP contribution < -0.4 is 10.5 Å². The molecule has 112 valence electrons. The Labute approximate surface area is 128 Å². The molecule has 3 nitrogen and oxygen atoms in total. The lowest BCUT2D eigenvalue weighted by Crippen LogP contribution is -2.10. The molecule has 0 saturated heterocycles. The molecule has 2 aromatic rings. The van der Waals surface area contributed by atoms with Crippen LogP contribution in [-0.2, 0) is 12.7 Å². The average Bonchev–Trinajstić information content (AvgIpc) is 2.43. The third-order valence-corrected chi connectivity index (χ3v) is 3.37. The van der Waals surface area contributed by atoms with Crippen molar-refractivity contribution in [3.8, 4) is 11.6 Å². The molecule has 1 aromatic carbocycles.